The SMILES string of the molecule is Cc1cc(C)n(-c2ccc(NCc3ccc(C(=O)OC(C)(C)C)cc3)nn2)n1. The quantitative estimate of drug-likeness (QED) is 0.678. The van der Waals surface area contributed by atoms with Gasteiger partial charge in [-0.25, -0.2) is 9.48 Å². The van der Waals surface area contributed by atoms with Gasteiger partial charge in [0.1, 0.15) is 11.4 Å². The Kier molecular flexibility index (Phi) is 5.44. The van der Waals surface area contributed by atoms with E-state index < -0.39 is 5.60 Å². The number of carbonyl (C=O) groups excluding carboxylic acids is 1. The number of aromatic nitrogens is 4. The van der Waals surface area contributed by atoms with Crippen LogP contribution in [0.5, 0.6) is 0 Å². The van der Waals surface area contributed by atoms with E-state index >= 15 is 0 Å². The van der Waals surface area contributed by atoms with Crippen LogP contribution in [-0.2, 0) is 11.3 Å². The Balaban J connectivity index is 1.60. The molecule has 0 saturated carbocycles. The van der Waals surface area contributed by atoms with E-state index in [4.69, 9.17) is 4.74 Å². The number of esters is 1. The van der Waals surface area contributed by atoms with E-state index in [1.807, 2.05) is 65.0 Å². The highest BCUT2D eigenvalue weighted by Gasteiger charge is 2.17. The molecule has 1 N–H and O–H groups in total. The first-order valence-electron chi connectivity index (χ1n) is 9.15. The first kappa shape index (κ1) is 19.5. The zero-order chi connectivity index (χ0) is 20.3. The van der Waals surface area contributed by atoms with E-state index in [9.17, 15) is 4.79 Å². The average Bonchev–Trinajstić information content (AvgIpc) is 2.97. The Morgan fingerprint density at radius 2 is 1.79 bits per heavy atom. The molecule has 0 aliphatic rings. The smallest absolute Gasteiger partial charge is 0.338 e. The number of benzene rings is 1. The fourth-order valence-electron chi connectivity index (χ4n) is 2.68. The summed E-state index contributed by atoms with van der Waals surface area (Å²) in [5.74, 6) is 1.02. The van der Waals surface area contributed by atoms with Gasteiger partial charge in [-0.3, -0.25) is 0 Å². The highest BCUT2D eigenvalue weighted by molar-refractivity contribution is 5.89. The van der Waals surface area contributed by atoms with Crippen molar-refractivity contribution in [1.82, 2.24) is 20.0 Å². The number of ether oxygens (including phenoxy) is 1. The van der Waals surface area contributed by atoms with Crippen molar-refractivity contribution in [2.45, 2.75) is 46.8 Å². The lowest BCUT2D eigenvalue weighted by atomic mass is 10.1. The van der Waals surface area contributed by atoms with Gasteiger partial charge < -0.3 is 10.1 Å². The minimum atomic E-state index is -0.504. The maximum absolute atomic E-state index is 12.1. The summed E-state index contributed by atoms with van der Waals surface area (Å²) >= 11 is 0. The molecule has 0 saturated heterocycles. The second kappa shape index (κ2) is 7.80. The highest BCUT2D eigenvalue weighted by Crippen LogP contribution is 2.14. The van der Waals surface area contributed by atoms with Crippen LogP contribution in [0.25, 0.3) is 5.82 Å². The zero-order valence-corrected chi connectivity index (χ0v) is 16.9. The Morgan fingerprint density at radius 1 is 1.07 bits per heavy atom. The van der Waals surface area contributed by atoms with Crippen LogP contribution >= 0.6 is 0 Å². The number of aryl methyl sites for hydroxylation is 2. The van der Waals surface area contributed by atoms with Crippen molar-refractivity contribution in [3.8, 4) is 5.82 Å². The monoisotopic (exact) mass is 379 g/mol. The molecule has 28 heavy (non-hydrogen) atoms. The third-order valence-corrected chi connectivity index (χ3v) is 3.94. The van der Waals surface area contributed by atoms with Crippen LogP contribution in [0.1, 0.15) is 48.1 Å². The molecule has 146 valence electrons. The molecule has 7 heteroatoms. The maximum atomic E-state index is 12.1. The van der Waals surface area contributed by atoms with Crippen LogP contribution in [0.2, 0.25) is 0 Å². The van der Waals surface area contributed by atoms with E-state index in [0.717, 1.165) is 17.0 Å². The molecule has 7 nitrogen and oxygen atoms in total. The normalized spacial score (nSPS) is 11.3. The molecule has 3 aromatic rings. The molecule has 1 aromatic carbocycles. The second-order valence-electron chi connectivity index (χ2n) is 7.67. The summed E-state index contributed by atoms with van der Waals surface area (Å²) in [5.41, 5.74) is 3.01. The van der Waals surface area contributed by atoms with Crippen LogP contribution in [0.4, 0.5) is 5.82 Å². The van der Waals surface area contributed by atoms with Crippen molar-refractivity contribution >= 4 is 11.8 Å². The van der Waals surface area contributed by atoms with Crippen molar-refractivity contribution in [2.75, 3.05) is 5.32 Å². The summed E-state index contributed by atoms with van der Waals surface area (Å²) in [6.45, 7) is 10.1. The molecule has 0 atom stereocenters. The molecule has 0 fully saturated rings. The number of hydrogen-bond donors (Lipinski definition) is 1. The lowest BCUT2D eigenvalue weighted by Crippen LogP contribution is -2.23. The van der Waals surface area contributed by atoms with Crippen LogP contribution in [0.3, 0.4) is 0 Å². The number of hydrogen-bond acceptors (Lipinski definition) is 6. The molecule has 0 amide bonds. The van der Waals surface area contributed by atoms with E-state index in [1.54, 1.807) is 16.8 Å². The fourth-order valence-corrected chi connectivity index (χ4v) is 2.68. The van der Waals surface area contributed by atoms with Gasteiger partial charge in [0.15, 0.2) is 5.82 Å². The summed E-state index contributed by atoms with van der Waals surface area (Å²) < 4.78 is 7.14. The minimum absolute atomic E-state index is 0.322. The van der Waals surface area contributed by atoms with Crippen LogP contribution in [0.15, 0.2) is 42.5 Å². The molecule has 2 heterocycles. The number of rotatable bonds is 5. The van der Waals surface area contributed by atoms with Gasteiger partial charge >= 0.3 is 5.97 Å². The number of nitrogens with zero attached hydrogens (tertiary/aromatic N) is 4. The fraction of sp³-hybridized carbons (Fsp3) is 0.333. The largest absolute Gasteiger partial charge is 0.456 e. The standard InChI is InChI=1S/C21H25N5O2/c1-14-12-15(2)26(25-14)19-11-10-18(23-24-19)22-13-16-6-8-17(9-7-16)20(27)28-21(3,4)5/h6-12H,13H2,1-5H3,(H,22,23). The van der Waals surface area contributed by atoms with E-state index in [0.29, 0.717) is 23.7 Å². The highest BCUT2D eigenvalue weighted by atomic mass is 16.6. The lowest BCUT2D eigenvalue weighted by Gasteiger charge is -2.19. The number of anilines is 1. The summed E-state index contributed by atoms with van der Waals surface area (Å²) in [4.78, 5) is 12.1. The molecule has 0 bridgehead atoms. The molecule has 3 rings (SSSR count). The third kappa shape index (κ3) is 4.94. The molecule has 0 aliphatic carbocycles. The van der Waals surface area contributed by atoms with Crippen molar-refractivity contribution in [2.24, 2.45) is 0 Å². The zero-order valence-electron chi connectivity index (χ0n) is 16.9. The molecule has 2 aromatic heterocycles. The van der Waals surface area contributed by atoms with Gasteiger partial charge in [-0.1, -0.05) is 12.1 Å². The van der Waals surface area contributed by atoms with Gasteiger partial charge in [-0.15, -0.1) is 10.2 Å². The Morgan fingerprint density at radius 3 is 2.32 bits per heavy atom. The van der Waals surface area contributed by atoms with Gasteiger partial charge in [0.2, 0.25) is 0 Å². The van der Waals surface area contributed by atoms with Crippen LogP contribution in [0, 0.1) is 13.8 Å². The van der Waals surface area contributed by atoms with Crippen molar-refractivity contribution in [3.63, 3.8) is 0 Å². The first-order chi connectivity index (χ1) is 13.2. The predicted molar refractivity (Wildman–Crippen MR) is 108 cm³/mol. The Labute approximate surface area is 164 Å². The Hall–Kier alpha value is -3.22. The van der Waals surface area contributed by atoms with E-state index in [2.05, 4.69) is 20.6 Å². The van der Waals surface area contributed by atoms with Crippen LogP contribution < -0.4 is 5.32 Å². The average molecular weight is 379 g/mol. The Bertz CT molecular complexity index is 954. The molecule has 0 radical (unpaired) electrons. The van der Waals surface area contributed by atoms with Crippen LogP contribution in [-0.4, -0.2) is 31.5 Å². The van der Waals surface area contributed by atoms with Crippen molar-refractivity contribution in [3.05, 3.63) is 65.0 Å². The van der Waals surface area contributed by atoms with Crippen molar-refractivity contribution in [1.29, 1.82) is 0 Å². The van der Waals surface area contributed by atoms with E-state index in [-0.39, 0.29) is 5.97 Å². The third-order valence-electron chi connectivity index (χ3n) is 3.94. The van der Waals surface area contributed by atoms with Gasteiger partial charge in [-0.05, 0) is 70.5 Å². The van der Waals surface area contributed by atoms with E-state index in [1.165, 1.54) is 0 Å². The van der Waals surface area contributed by atoms with Gasteiger partial charge in [0, 0.05) is 12.2 Å². The number of carbonyl (C=O) groups is 1. The minimum Gasteiger partial charge on any atom is -0.456 e. The second-order valence-corrected chi connectivity index (χ2v) is 7.67. The number of nitrogens with one attached hydrogen (secondary N) is 1. The predicted octanol–water partition coefficient (Wildman–Crippen LogP) is 3.85. The first-order valence-corrected chi connectivity index (χ1v) is 9.15. The maximum Gasteiger partial charge on any atom is 0.338 e. The van der Waals surface area contributed by atoms with Gasteiger partial charge in [-0.2, -0.15) is 5.10 Å². The molecule has 0 aliphatic heterocycles. The van der Waals surface area contributed by atoms with Gasteiger partial charge in [0.25, 0.3) is 0 Å². The van der Waals surface area contributed by atoms with Crippen molar-refractivity contribution < 1.29 is 9.53 Å². The topological polar surface area (TPSA) is 81.9 Å². The van der Waals surface area contributed by atoms with Gasteiger partial charge in [0.05, 0.1) is 11.3 Å². The molecular weight excluding hydrogens is 354 g/mol. The summed E-state index contributed by atoms with van der Waals surface area (Å²) in [7, 11) is 0. The molecular formula is C21H25N5O2. The lowest BCUT2D eigenvalue weighted by molar-refractivity contribution is 0.00695. The summed E-state index contributed by atoms with van der Waals surface area (Å²) in [6, 6.07) is 13.1. The summed E-state index contributed by atoms with van der Waals surface area (Å²) in [5, 5.41) is 16.1. The molecule has 0 spiro atoms. The molecule has 0 unspecified atom stereocenters. The summed E-state index contributed by atoms with van der Waals surface area (Å²) in [6.07, 6.45) is 0.